The summed E-state index contributed by atoms with van der Waals surface area (Å²) in [4.78, 5) is 2.22. The molecule has 0 aromatic heterocycles. The Hall–Kier alpha value is -0.810. The molecular weight excluding hydrogens is 182 g/mol. The molecule has 0 aliphatic heterocycles. The topological polar surface area (TPSA) is 71.1 Å². The number of hydrogen-bond acceptors (Lipinski definition) is 4. The number of ether oxygens (including phenoxy) is 1. The lowest BCUT2D eigenvalue weighted by Crippen LogP contribution is -2.45. The number of nitrogens with zero attached hydrogens (tertiary/aromatic N) is 2. The van der Waals surface area contributed by atoms with Crippen LogP contribution in [0.1, 0.15) is 19.8 Å². The molecule has 3 N–H and O–H groups in total. The average Bonchev–Trinajstić information content (AvgIpc) is 3.01. The summed E-state index contributed by atoms with van der Waals surface area (Å²) < 4.78 is 5.03. The monoisotopic (exact) mass is 201 g/mol. The zero-order valence-corrected chi connectivity index (χ0v) is 8.81. The SMILES string of the molecule is COCCN(C1CC1)C(C)C(N)=NO. The molecule has 1 aliphatic carbocycles. The Morgan fingerprint density at radius 3 is 2.79 bits per heavy atom. The third kappa shape index (κ3) is 2.85. The van der Waals surface area contributed by atoms with Crippen LogP contribution in [-0.2, 0) is 4.74 Å². The van der Waals surface area contributed by atoms with E-state index in [2.05, 4.69) is 10.1 Å². The predicted molar refractivity (Wildman–Crippen MR) is 54.5 cm³/mol. The molecular formula is C9H19N3O2. The molecule has 1 rings (SSSR count). The molecule has 1 fully saturated rings. The summed E-state index contributed by atoms with van der Waals surface area (Å²) in [5.41, 5.74) is 5.57. The highest BCUT2D eigenvalue weighted by molar-refractivity contribution is 5.84. The maximum absolute atomic E-state index is 8.59. The van der Waals surface area contributed by atoms with E-state index in [1.54, 1.807) is 7.11 Å². The van der Waals surface area contributed by atoms with Gasteiger partial charge < -0.3 is 15.7 Å². The molecule has 0 radical (unpaired) electrons. The fourth-order valence-electron chi connectivity index (χ4n) is 1.55. The molecule has 0 bridgehead atoms. The number of rotatable bonds is 6. The number of oxime groups is 1. The summed E-state index contributed by atoms with van der Waals surface area (Å²) in [5.74, 6) is 0.271. The Balaban J connectivity index is 2.48. The van der Waals surface area contributed by atoms with Gasteiger partial charge in [0.15, 0.2) is 5.84 Å². The molecule has 1 aliphatic rings. The van der Waals surface area contributed by atoms with Gasteiger partial charge in [-0.1, -0.05) is 5.16 Å². The van der Waals surface area contributed by atoms with Crippen molar-refractivity contribution < 1.29 is 9.94 Å². The highest BCUT2D eigenvalue weighted by Crippen LogP contribution is 2.28. The molecule has 0 aromatic rings. The average molecular weight is 201 g/mol. The van der Waals surface area contributed by atoms with Crippen molar-refractivity contribution in [2.45, 2.75) is 31.8 Å². The van der Waals surface area contributed by atoms with Crippen LogP contribution in [0.25, 0.3) is 0 Å². The summed E-state index contributed by atoms with van der Waals surface area (Å²) in [5, 5.41) is 11.6. The van der Waals surface area contributed by atoms with E-state index in [-0.39, 0.29) is 11.9 Å². The number of amidine groups is 1. The Kier molecular flexibility index (Phi) is 4.16. The molecule has 0 saturated heterocycles. The van der Waals surface area contributed by atoms with E-state index in [0.717, 1.165) is 6.54 Å². The van der Waals surface area contributed by atoms with E-state index in [4.69, 9.17) is 15.7 Å². The zero-order valence-electron chi connectivity index (χ0n) is 8.81. The van der Waals surface area contributed by atoms with Crippen LogP contribution in [0.5, 0.6) is 0 Å². The Labute approximate surface area is 84.5 Å². The van der Waals surface area contributed by atoms with Gasteiger partial charge in [-0.05, 0) is 19.8 Å². The molecule has 5 heteroatoms. The zero-order chi connectivity index (χ0) is 10.6. The van der Waals surface area contributed by atoms with Crippen molar-refractivity contribution in [3.8, 4) is 0 Å². The van der Waals surface area contributed by atoms with Gasteiger partial charge in [-0.3, -0.25) is 4.90 Å². The predicted octanol–water partition coefficient (Wildman–Crippen LogP) is 0.232. The summed E-state index contributed by atoms with van der Waals surface area (Å²) in [6, 6.07) is 0.572. The molecule has 5 nitrogen and oxygen atoms in total. The minimum absolute atomic E-state index is 0.0114. The van der Waals surface area contributed by atoms with Gasteiger partial charge in [0.05, 0.1) is 12.6 Å². The summed E-state index contributed by atoms with van der Waals surface area (Å²) >= 11 is 0. The fourth-order valence-corrected chi connectivity index (χ4v) is 1.55. The molecule has 0 amide bonds. The van der Waals surface area contributed by atoms with Gasteiger partial charge in [0.2, 0.25) is 0 Å². The van der Waals surface area contributed by atoms with Crippen LogP contribution in [0, 0.1) is 0 Å². The maximum Gasteiger partial charge on any atom is 0.156 e. The minimum Gasteiger partial charge on any atom is -0.409 e. The van der Waals surface area contributed by atoms with Crippen molar-refractivity contribution in [3.63, 3.8) is 0 Å². The third-order valence-electron chi connectivity index (χ3n) is 2.61. The highest BCUT2D eigenvalue weighted by Gasteiger charge is 2.33. The molecule has 1 atom stereocenters. The lowest BCUT2D eigenvalue weighted by Gasteiger charge is -2.27. The largest absolute Gasteiger partial charge is 0.409 e. The summed E-state index contributed by atoms with van der Waals surface area (Å²) in [6.07, 6.45) is 2.40. The van der Waals surface area contributed by atoms with Gasteiger partial charge in [-0.25, -0.2) is 0 Å². The first-order chi connectivity index (χ1) is 6.70. The lowest BCUT2D eigenvalue weighted by molar-refractivity contribution is 0.134. The van der Waals surface area contributed by atoms with E-state index >= 15 is 0 Å². The highest BCUT2D eigenvalue weighted by atomic mass is 16.5. The number of nitrogens with two attached hydrogens (primary N) is 1. The molecule has 0 heterocycles. The Bertz CT molecular complexity index is 204. The minimum atomic E-state index is -0.0114. The first-order valence-electron chi connectivity index (χ1n) is 4.92. The van der Waals surface area contributed by atoms with Crippen molar-refractivity contribution in [1.82, 2.24) is 4.90 Å². The van der Waals surface area contributed by atoms with Gasteiger partial charge in [-0.15, -0.1) is 0 Å². The van der Waals surface area contributed by atoms with Crippen molar-refractivity contribution in [3.05, 3.63) is 0 Å². The first kappa shape index (κ1) is 11.3. The van der Waals surface area contributed by atoms with Gasteiger partial charge in [-0.2, -0.15) is 0 Å². The second-order valence-electron chi connectivity index (χ2n) is 3.66. The van der Waals surface area contributed by atoms with Crippen LogP contribution in [0.3, 0.4) is 0 Å². The van der Waals surface area contributed by atoms with Crippen molar-refractivity contribution in [2.75, 3.05) is 20.3 Å². The van der Waals surface area contributed by atoms with Crippen LogP contribution in [0.15, 0.2) is 5.16 Å². The van der Waals surface area contributed by atoms with Crippen molar-refractivity contribution in [2.24, 2.45) is 10.9 Å². The Morgan fingerprint density at radius 2 is 2.36 bits per heavy atom. The number of methoxy groups -OCH3 is 1. The van der Waals surface area contributed by atoms with E-state index < -0.39 is 0 Å². The normalized spacial score (nSPS) is 20.1. The van der Waals surface area contributed by atoms with Crippen LogP contribution in [-0.4, -0.2) is 48.3 Å². The first-order valence-corrected chi connectivity index (χ1v) is 4.92. The lowest BCUT2D eigenvalue weighted by atomic mass is 10.2. The molecule has 1 saturated carbocycles. The van der Waals surface area contributed by atoms with Gasteiger partial charge >= 0.3 is 0 Å². The van der Waals surface area contributed by atoms with Gasteiger partial charge in [0.25, 0.3) is 0 Å². The van der Waals surface area contributed by atoms with E-state index in [0.29, 0.717) is 12.6 Å². The molecule has 0 aromatic carbocycles. The third-order valence-corrected chi connectivity index (χ3v) is 2.61. The van der Waals surface area contributed by atoms with Crippen LogP contribution < -0.4 is 5.73 Å². The van der Waals surface area contributed by atoms with E-state index in [1.165, 1.54) is 12.8 Å². The molecule has 82 valence electrons. The van der Waals surface area contributed by atoms with Crippen LogP contribution in [0.4, 0.5) is 0 Å². The van der Waals surface area contributed by atoms with Gasteiger partial charge in [0, 0.05) is 19.7 Å². The standard InChI is InChI=1S/C9H19N3O2/c1-7(9(10)11-13)12(5-6-14-2)8-3-4-8/h7-8,13H,3-6H2,1-2H3,(H2,10,11). The fraction of sp³-hybridized carbons (Fsp3) is 0.889. The van der Waals surface area contributed by atoms with E-state index in [9.17, 15) is 0 Å². The second kappa shape index (κ2) is 5.17. The smallest absolute Gasteiger partial charge is 0.156 e. The molecule has 0 spiro atoms. The van der Waals surface area contributed by atoms with Crippen LogP contribution in [0.2, 0.25) is 0 Å². The summed E-state index contributed by atoms with van der Waals surface area (Å²) in [6.45, 7) is 3.46. The quantitative estimate of drug-likeness (QED) is 0.279. The Morgan fingerprint density at radius 1 is 1.71 bits per heavy atom. The molecule has 1 unspecified atom stereocenters. The van der Waals surface area contributed by atoms with Crippen molar-refractivity contribution >= 4 is 5.84 Å². The molecule has 14 heavy (non-hydrogen) atoms. The van der Waals surface area contributed by atoms with Gasteiger partial charge in [0.1, 0.15) is 0 Å². The number of hydrogen-bond donors (Lipinski definition) is 2. The maximum atomic E-state index is 8.59. The summed E-state index contributed by atoms with van der Waals surface area (Å²) in [7, 11) is 1.68. The second-order valence-corrected chi connectivity index (χ2v) is 3.66. The van der Waals surface area contributed by atoms with Crippen LogP contribution >= 0.6 is 0 Å². The van der Waals surface area contributed by atoms with E-state index in [1.807, 2.05) is 6.92 Å². The van der Waals surface area contributed by atoms with Crippen molar-refractivity contribution in [1.29, 1.82) is 0 Å².